The van der Waals surface area contributed by atoms with Gasteiger partial charge in [-0.1, -0.05) is 43.7 Å². The zero-order valence-electron chi connectivity index (χ0n) is 15.0. The van der Waals surface area contributed by atoms with Gasteiger partial charge in [-0.2, -0.15) is 0 Å². The predicted octanol–water partition coefficient (Wildman–Crippen LogP) is 4.35. The van der Waals surface area contributed by atoms with Gasteiger partial charge in [0.05, 0.1) is 12.3 Å². The third-order valence-corrected chi connectivity index (χ3v) is 3.56. The van der Waals surface area contributed by atoms with Crippen LogP contribution >= 0.6 is 0 Å². The quantitative estimate of drug-likeness (QED) is 0.460. The van der Waals surface area contributed by atoms with E-state index in [1.165, 1.54) is 12.8 Å². The predicted molar refractivity (Wildman–Crippen MR) is 107 cm³/mol. The van der Waals surface area contributed by atoms with E-state index in [0.29, 0.717) is 0 Å². The first-order chi connectivity index (χ1) is 12.8. The van der Waals surface area contributed by atoms with E-state index in [1.807, 2.05) is 54.7 Å². The lowest BCUT2D eigenvalue weighted by Crippen LogP contribution is -1.96. The van der Waals surface area contributed by atoms with Gasteiger partial charge in [0.15, 0.2) is 0 Å². The first-order valence-electron chi connectivity index (χ1n) is 8.78. The van der Waals surface area contributed by atoms with Crippen LogP contribution in [0.1, 0.15) is 37.3 Å². The third-order valence-electron chi connectivity index (χ3n) is 3.56. The zero-order valence-corrected chi connectivity index (χ0v) is 15.0. The second-order valence-corrected chi connectivity index (χ2v) is 5.64. The maximum atomic E-state index is 8.56. The van der Waals surface area contributed by atoms with Crippen LogP contribution in [0.2, 0.25) is 0 Å². The van der Waals surface area contributed by atoms with Gasteiger partial charge in [-0.3, -0.25) is 4.99 Å². The zero-order chi connectivity index (χ0) is 18.5. The Labute approximate surface area is 155 Å². The number of hydrogen-bond acceptors (Lipinski definition) is 3. The van der Waals surface area contributed by atoms with Crippen molar-refractivity contribution in [2.45, 2.75) is 26.2 Å². The first kappa shape index (κ1) is 19.3. The molecule has 2 rings (SSSR count). The number of hydrogen-bond donors (Lipinski definition) is 1. The van der Waals surface area contributed by atoms with Crippen molar-refractivity contribution < 1.29 is 9.84 Å². The van der Waals surface area contributed by atoms with Crippen molar-refractivity contribution in [1.82, 2.24) is 0 Å². The van der Waals surface area contributed by atoms with Crippen LogP contribution in [0.3, 0.4) is 0 Å². The second-order valence-electron chi connectivity index (χ2n) is 5.64. The first-order valence-corrected chi connectivity index (χ1v) is 8.78. The molecule has 0 saturated heterocycles. The SMILES string of the molecule is CCCCCOc1ccc(N=Cc2ccc(C#CC#CCO)cc2)cc1. The molecule has 26 heavy (non-hydrogen) atoms. The highest BCUT2D eigenvalue weighted by Gasteiger charge is 1.95. The molecule has 0 heterocycles. The molecule has 1 N–H and O–H groups in total. The van der Waals surface area contributed by atoms with Crippen molar-refractivity contribution in [3.8, 4) is 29.4 Å². The molecule has 132 valence electrons. The number of aliphatic imine (C=N–C) groups is 1. The van der Waals surface area contributed by atoms with Crippen molar-refractivity contribution in [2.75, 3.05) is 13.2 Å². The summed E-state index contributed by atoms with van der Waals surface area (Å²) in [5, 5.41) is 8.56. The second kappa shape index (κ2) is 11.5. The van der Waals surface area contributed by atoms with Gasteiger partial charge >= 0.3 is 0 Å². The van der Waals surface area contributed by atoms with E-state index in [2.05, 4.69) is 35.6 Å². The molecule has 0 unspecified atom stereocenters. The normalized spacial score (nSPS) is 9.92. The number of rotatable bonds is 7. The molecule has 0 atom stereocenters. The van der Waals surface area contributed by atoms with Crippen LogP contribution in [0.5, 0.6) is 5.75 Å². The van der Waals surface area contributed by atoms with Crippen molar-refractivity contribution in [1.29, 1.82) is 0 Å². The minimum absolute atomic E-state index is 0.171. The van der Waals surface area contributed by atoms with Gasteiger partial charge in [0.25, 0.3) is 0 Å². The number of unbranched alkanes of at least 4 members (excludes halogenated alkanes) is 2. The number of aliphatic hydroxyl groups excluding tert-OH is 1. The molecule has 2 aromatic carbocycles. The van der Waals surface area contributed by atoms with Crippen LogP contribution < -0.4 is 4.74 Å². The molecule has 0 aliphatic carbocycles. The monoisotopic (exact) mass is 345 g/mol. The molecular formula is C23H23NO2. The summed E-state index contributed by atoms with van der Waals surface area (Å²) in [4.78, 5) is 4.48. The molecule has 0 bridgehead atoms. The Morgan fingerprint density at radius 3 is 2.46 bits per heavy atom. The summed E-state index contributed by atoms with van der Waals surface area (Å²) in [6.45, 7) is 2.77. The molecule has 0 spiro atoms. The lowest BCUT2D eigenvalue weighted by atomic mass is 10.1. The number of benzene rings is 2. The summed E-state index contributed by atoms with van der Waals surface area (Å²) in [5.74, 6) is 11.6. The number of ether oxygens (including phenoxy) is 1. The largest absolute Gasteiger partial charge is 0.494 e. The molecule has 0 amide bonds. The highest BCUT2D eigenvalue weighted by Crippen LogP contribution is 2.18. The number of aliphatic hydroxyl groups is 1. The molecule has 2 aromatic rings. The Morgan fingerprint density at radius 2 is 1.77 bits per heavy atom. The van der Waals surface area contributed by atoms with Crippen LogP contribution in [-0.2, 0) is 0 Å². The van der Waals surface area contributed by atoms with Gasteiger partial charge in [-0.05, 0) is 60.2 Å². The molecule has 0 radical (unpaired) electrons. The van der Waals surface area contributed by atoms with Gasteiger partial charge in [-0.15, -0.1) is 0 Å². The Bertz CT molecular complexity index is 813. The van der Waals surface area contributed by atoms with Crippen molar-refractivity contribution in [3.05, 3.63) is 59.7 Å². The minimum atomic E-state index is -0.171. The summed E-state index contributed by atoms with van der Waals surface area (Å²) < 4.78 is 5.70. The molecule has 0 aliphatic rings. The molecule has 0 aromatic heterocycles. The Hall–Kier alpha value is -3.01. The molecular weight excluding hydrogens is 322 g/mol. The molecule has 0 aliphatic heterocycles. The molecule has 0 fully saturated rings. The highest BCUT2D eigenvalue weighted by atomic mass is 16.5. The minimum Gasteiger partial charge on any atom is -0.494 e. The lowest BCUT2D eigenvalue weighted by Gasteiger charge is -2.05. The number of nitrogens with zero attached hydrogens (tertiary/aromatic N) is 1. The highest BCUT2D eigenvalue weighted by molar-refractivity contribution is 5.82. The van der Waals surface area contributed by atoms with Crippen molar-refractivity contribution in [2.24, 2.45) is 4.99 Å². The van der Waals surface area contributed by atoms with Gasteiger partial charge in [0, 0.05) is 11.8 Å². The van der Waals surface area contributed by atoms with Gasteiger partial charge < -0.3 is 9.84 Å². The van der Waals surface area contributed by atoms with E-state index in [4.69, 9.17) is 9.84 Å². The smallest absolute Gasteiger partial charge is 0.119 e. The fourth-order valence-electron chi connectivity index (χ4n) is 2.16. The van der Waals surface area contributed by atoms with E-state index in [-0.39, 0.29) is 6.61 Å². The van der Waals surface area contributed by atoms with Crippen molar-refractivity contribution >= 4 is 11.9 Å². The maximum Gasteiger partial charge on any atom is 0.119 e. The van der Waals surface area contributed by atoms with Crippen LogP contribution in [0, 0.1) is 23.7 Å². The van der Waals surface area contributed by atoms with E-state index < -0.39 is 0 Å². The Morgan fingerprint density at radius 1 is 1.00 bits per heavy atom. The van der Waals surface area contributed by atoms with E-state index >= 15 is 0 Å². The maximum absolute atomic E-state index is 8.56. The van der Waals surface area contributed by atoms with E-state index in [0.717, 1.165) is 35.6 Å². The van der Waals surface area contributed by atoms with Crippen LogP contribution in [-0.4, -0.2) is 24.5 Å². The fourth-order valence-corrected chi connectivity index (χ4v) is 2.16. The summed E-state index contributed by atoms with van der Waals surface area (Å²) >= 11 is 0. The molecule has 0 saturated carbocycles. The topological polar surface area (TPSA) is 41.8 Å². The average molecular weight is 345 g/mol. The molecule has 3 heteroatoms. The lowest BCUT2D eigenvalue weighted by molar-refractivity contribution is 0.306. The molecule has 3 nitrogen and oxygen atoms in total. The van der Waals surface area contributed by atoms with Gasteiger partial charge in [-0.25, -0.2) is 0 Å². The van der Waals surface area contributed by atoms with E-state index in [9.17, 15) is 0 Å². The summed E-state index contributed by atoms with van der Waals surface area (Å²) in [6, 6.07) is 15.5. The Balaban J connectivity index is 1.89. The van der Waals surface area contributed by atoms with Gasteiger partial charge in [0.2, 0.25) is 0 Å². The third kappa shape index (κ3) is 7.26. The van der Waals surface area contributed by atoms with Gasteiger partial charge in [0.1, 0.15) is 12.4 Å². The fraction of sp³-hybridized carbons (Fsp3) is 0.261. The summed E-state index contributed by atoms with van der Waals surface area (Å²) in [5.41, 5.74) is 2.75. The van der Waals surface area contributed by atoms with Crippen molar-refractivity contribution in [3.63, 3.8) is 0 Å². The van der Waals surface area contributed by atoms with Crippen LogP contribution in [0.15, 0.2) is 53.5 Å². The average Bonchev–Trinajstić information content (AvgIpc) is 2.69. The van der Waals surface area contributed by atoms with Crippen LogP contribution in [0.4, 0.5) is 5.69 Å². The van der Waals surface area contributed by atoms with Crippen LogP contribution in [0.25, 0.3) is 0 Å². The summed E-state index contributed by atoms with van der Waals surface area (Å²) in [6.07, 6.45) is 5.30. The van der Waals surface area contributed by atoms with E-state index in [1.54, 1.807) is 0 Å². The Kier molecular flexibility index (Phi) is 8.56. The summed E-state index contributed by atoms with van der Waals surface area (Å²) in [7, 11) is 0. The standard InChI is InChI=1S/C23H23NO2/c1-2-3-7-18-26-23-15-13-22(14-16-23)24-19-21-11-9-20(10-12-21)8-5-4-6-17-25/h9-16,19,25H,2-3,7,17-18H2,1H3.